The smallest absolute Gasteiger partial charge is 0.373 e. The Morgan fingerprint density at radius 3 is 2.89 bits per heavy atom. The summed E-state index contributed by atoms with van der Waals surface area (Å²) in [7, 11) is 1.34. The number of methoxy groups -OCH3 is 1. The second kappa shape index (κ2) is 7.01. The summed E-state index contributed by atoms with van der Waals surface area (Å²) in [5.74, 6) is 0.438. The molecule has 0 aliphatic heterocycles. The van der Waals surface area contributed by atoms with Gasteiger partial charge in [-0.15, -0.1) is 0 Å². The molecule has 4 heteroatoms. The van der Waals surface area contributed by atoms with Gasteiger partial charge in [0.15, 0.2) is 0 Å². The molecule has 1 atom stereocenters. The number of nitrogens with one attached hydrogen (secondary N) is 1. The van der Waals surface area contributed by atoms with Crippen molar-refractivity contribution in [3.63, 3.8) is 0 Å². The second-order valence-electron chi connectivity index (χ2n) is 4.26. The quantitative estimate of drug-likeness (QED) is 0.790. The molecule has 0 amide bonds. The summed E-state index contributed by atoms with van der Waals surface area (Å²) in [6, 6.07) is 3.67. The van der Waals surface area contributed by atoms with Crippen molar-refractivity contribution >= 4 is 12.0 Å². The Labute approximate surface area is 108 Å². The van der Waals surface area contributed by atoms with Crippen LogP contribution in [-0.2, 0) is 4.74 Å². The minimum atomic E-state index is -0.454. The maximum atomic E-state index is 11.2. The number of rotatable bonds is 6. The summed E-state index contributed by atoms with van der Waals surface area (Å²) in [4.78, 5) is 11.2. The van der Waals surface area contributed by atoms with Crippen molar-refractivity contribution in [1.82, 2.24) is 5.32 Å². The molecule has 1 aromatic rings. The van der Waals surface area contributed by atoms with Gasteiger partial charge in [0.25, 0.3) is 0 Å². The number of hydrogen-bond acceptors (Lipinski definition) is 4. The van der Waals surface area contributed by atoms with Crippen LogP contribution >= 0.6 is 0 Å². The second-order valence-corrected chi connectivity index (χ2v) is 4.26. The van der Waals surface area contributed by atoms with Gasteiger partial charge in [-0.05, 0) is 45.0 Å². The monoisotopic (exact) mass is 251 g/mol. The topological polar surface area (TPSA) is 51.5 Å². The highest BCUT2D eigenvalue weighted by Crippen LogP contribution is 2.14. The number of esters is 1. The molecule has 0 bridgehead atoms. The molecule has 1 unspecified atom stereocenters. The number of furan rings is 1. The lowest BCUT2D eigenvalue weighted by atomic mass is 10.1. The predicted molar refractivity (Wildman–Crippen MR) is 71.5 cm³/mol. The highest BCUT2D eigenvalue weighted by molar-refractivity contribution is 5.86. The fraction of sp³-hybridized carbons (Fsp3) is 0.500. The third kappa shape index (κ3) is 4.04. The highest BCUT2D eigenvalue weighted by atomic mass is 16.5. The van der Waals surface area contributed by atoms with Gasteiger partial charge >= 0.3 is 5.97 Å². The lowest BCUT2D eigenvalue weighted by Crippen LogP contribution is -2.27. The van der Waals surface area contributed by atoms with E-state index in [0.717, 1.165) is 18.5 Å². The van der Waals surface area contributed by atoms with Gasteiger partial charge in [0.1, 0.15) is 5.76 Å². The third-order valence-corrected chi connectivity index (χ3v) is 2.77. The molecule has 0 fully saturated rings. The van der Waals surface area contributed by atoms with Gasteiger partial charge in [0, 0.05) is 6.04 Å². The zero-order valence-electron chi connectivity index (χ0n) is 11.4. The lowest BCUT2D eigenvalue weighted by Gasteiger charge is -2.13. The molecule has 0 spiro atoms. The third-order valence-electron chi connectivity index (χ3n) is 2.77. The van der Waals surface area contributed by atoms with Crippen LogP contribution < -0.4 is 5.32 Å². The predicted octanol–water partition coefficient (Wildman–Crippen LogP) is 2.86. The van der Waals surface area contributed by atoms with Crippen molar-refractivity contribution in [3.8, 4) is 0 Å². The molecular formula is C14H21NO3. The Bertz CT molecular complexity index is 420. The summed E-state index contributed by atoms with van der Waals surface area (Å²) in [6.07, 6.45) is 3.03. The number of hydrogen-bond donors (Lipinski definition) is 1. The fourth-order valence-electron chi connectivity index (χ4n) is 1.51. The van der Waals surface area contributed by atoms with E-state index in [1.807, 2.05) is 13.0 Å². The summed E-state index contributed by atoms with van der Waals surface area (Å²) < 4.78 is 9.97. The molecule has 100 valence electrons. The van der Waals surface area contributed by atoms with Gasteiger partial charge in [-0.2, -0.15) is 0 Å². The van der Waals surface area contributed by atoms with Crippen molar-refractivity contribution in [2.24, 2.45) is 0 Å². The largest absolute Gasteiger partial charge is 0.463 e. The highest BCUT2D eigenvalue weighted by Gasteiger charge is 2.10. The first kappa shape index (κ1) is 14.5. The molecule has 0 aromatic carbocycles. The SMILES string of the molecule is CCCNC(C)/C(C)=C/c1ccc(C(=O)OC)o1. The van der Waals surface area contributed by atoms with Gasteiger partial charge in [-0.3, -0.25) is 0 Å². The summed E-state index contributed by atoms with van der Waals surface area (Å²) in [6.45, 7) is 7.26. The van der Waals surface area contributed by atoms with E-state index >= 15 is 0 Å². The summed E-state index contributed by atoms with van der Waals surface area (Å²) >= 11 is 0. The van der Waals surface area contributed by atoms with E-state index in [-0.39, 0.29) is 11.8 Å². The molecule has 4 nitrogen and oxygen atoms in total. The summed E-state index contributed by atoms with van der Waals surface area (Å²) in [5, 5.41) is 3.39. The molecule has 1 heterocycles. The van der Waals surface area contributed by atoms with Gasteiger partial charge < -0.3 is 14.5 Å². The van der Waals surface area contributed by atoms with E-state index in [1.165, 1.54) is 7.11 Å². The Hall–Kier alpha value is -1.55. The van der Waals surface area contributed by atoms with Gasteiger partial charge in [-0.25, -0.2) is 4.79 Å². The maximum Gasteiger partial charge on any atom is 0.373 e. The van der Waals surface area contributed by atoms with E-state index in [2.05, 4.69) is 23.9 Å². The Balaban J connectivity index is 2.70. The van der Waals surface area contributed by atoms with Crippen LogP contribution in [0.2, 0.25) is 0 Å². The standard InChI is InChI=1S/C14H21NO3/c1-5-8-15-11(3)10(2)9-12-6-7-13(18-12)14(16)17-4/h6-7,9,11,15H,5,8H2,1-4H3/b10-9+. The van der Waals surface area contributed by atoms with E-state index in [0.29, 0.717) is 5.76 Å². The molecule has 0 aliphatic rings. The molecule has 0 saturated heterocycles. The number of carbonyl (C=O) groups excluding carboxylic acids is 1. The van der Waals surface area contributed by atoms with E-state index in [9.17, 15) is 4.79 Å². The number of carbonyl (C=O) groups is 1. The van der Waals surface area contributed by atoms with Crippen molar-refractivity contribution in [2.45, 2.75) is 33.2 Å². The average molecular weight is 251 g/mol. The Morgan fingerprint density at radius 1 is 1.56 bits per heavy atom. The van der Waals surface area contributed by atoms with E-state index in [1.54, 1.807) is 12.1 Å². The summed E-state index contributed by atoms with van der Waals surface area (Å²) in [5.41, 5.74) is 1.16. The van der Waals surface area contributed by atoms with E-state index < -0.39 is 5.97 Å². The average Bonchev–Trinajstić information content (AvgIpc) is 2.83. The maximum absolute atomic E-state index is 11.2. The molecule has 1 aromatic heterocycles. The first-order valence-electron chi connectivity index (χ1n) is 6.18. The number of ether oxygens (including phenoxy) is 1. The minimum absolute atomic E-state index is 0.228. The molecule has 1 N–H and O–H groups in total. The van der Waals surface area contributed by atoms with Gasteiger partial charge in [-0.1, -0.05) is 12.5 Å². The Morgan fingerprint density at radius 2 is 2.28 bits per heavy atom. The van der Waals surface area contributed by atoms with Crippen LogP contribution in [0.1, 0.15) is 43.5 Å². The molecule has 18 heavy (non-hydrogen) atoms. The van der Waals surface area contributed by atoms with Crippen LogP contribution in [0.5, 0.6) is 0 Å². The minimum Gasteiger partial charge on any atom is -0.463 e. The van der Waals surface area contributed by atoms with E-state index in [4.69, 9.17) is 4.42 Å². The fourth-order valence-corrected chi connectivity index (χ4v) is 1.51. The zero-order chi connectivity index (χ0) is 13.5. The van der Waals surface area contributed by atoms with Crippen molar-refractivity contribution < 1.29 is 13.9 Å². The lowest BCUT2D eigenvalue weighted by molar-refractivity contribution is 0.0564. The van der Waals surface area contributed by atoms with Crippen molar-refractivity contribution in [1.29, 1.82) is 0 Å². The first-order valence-corrected chi connectivity index (χ1v) is 6.18. The van der Waals surface area contributed by atoms with Crippen LogP contribution in [0.15, 0.2) is 22.1 Å². The van der Waals surface area contributed by atoms with Crippen LogP contribution in [0.3, 0.4) is 0 Å². The van der Waals surface area contributed by atoms with Crippen LogP contribution in [0, 0.1) is 0 Å². The van der Waals surface area contributed by atoms with Crippen molar-refractivity contribution in [2.75, 3.05) is 13.7 Å². The normalized spacial score (nSPS) is 13.4. The van der Waals surface area contributed by atoms with Crippen LogP contribution in [0.25, 0.3) is 6.08 Å². The molecule has 0 radical (unpaired) electrons. The van der Waals surface area contributed by atoms with Crippen molar-refractivity contribution in [3.05, 3.63) is 29.2 Å². The molecule has 1 rings (SSSR count). The van der Waals surface area contributed by atoms with Gasteiger partial charge in [0.2, 0.25) is 5.76 Å². The Kier molecular flexibility index (Phi) is 5.65. The molecule has 0 saturated carbocycles. The van der Waals surface area contributed by atoms with Gasteiger partial charge in [0.05, 0.1) is 7.11 Å². The van der Waals surface area contributed by atoms with Crippen LogP contribution in [-0.4, -0.2) is 25.7 Å². The van der Waals surface area contributed by atoms with Crippen LogP contribution in [0.4, 0.5) is 0 Å². The molecule has 0 aliphatic carbocycles. The zero-order valence-corrected chi connectivity index (χ0v) is 11.4. The molecular weight excluding hydrogens is 230 g/mol. The first-order chi connectivity index (χ1) is 8.58.